The Balaban J connectivity index is 1.71. The van der Waals surface area contributed by atoms with Gasteiger partial charge in [0.05, 0.1) is 31.3 Å². The number of hydrogen-bond acceptors (Lipinski definition) is 4. The molecule has 1 heterocycles. The number of ether oxygens (including phenoxy) is 2. The van der Waals surface area contributed by atoms with Crippen molar-refractivity contribution in [2.45, 2.75) is 45.4 Å². The molecule has 3 rings (SSSR count). The van der Waals surface area contributed by atoms with E-state index in [1.165, 1.54) is 5.56 Å². The molecule has 6 heteroatoms. The first-order chi connectivity index (χ1) is 15.1. The average Bonchev–Trinajstić information content (AvgIpc) is 3.20. The maximum atomic E-state index is 10.6. The Hall–Kier alpha value is -3.28. The molecule has 3 aromatic rings. The summed E-state index contributed by atoms with van der Waals surface area (Å²) in [6.07, 6.45) is 6.67. The molecule has 0 fully saturated rings. The Morgan fingerprint density at radius 1 is 1.03 bits per heavy atom. The molecule has 0 saturated carbocycles. The van der Waals surface area contributed by atoms with Gasteiger partial charge >= 0.3 is 12.0 Å². The molecule has 6 nitrogen and oxygen atoms in total. The van der Waals surface area contributed by atoms with E-state index in [2.05, 4.69) is 36.2 Å². The highest BCUT2D eigenvalue weighted by atomic mass is 16.5. The van der Waals surface area contributed by atoms with Crippen molar-refractivity contribution in [2.75, 3.05) is 13.7 Å². The van der Waals surface area contributed by atoms with E-state index < -0.39 is 5.97 Å². The van der Waals surface area contributed by atoms with Gasteiger partial charge in [-0.1, -0.05) is 49.1 Å². The summed E-state index contributed by atoms with van der Waals surface area (Å²) in [5.74, 6) is 0.0673. The molecular formula is C25H30N2O4. The highest BCUT2D eigenvalue weighted by molar-refractivity contribution is 5.66. The highest BCUT2D eigenvalue weighted by Gasteiger charge is 2.15. The van der Waals surface area contributed by atoms with Gasteiger partial charge in [0.15, 0.2) is 0 Å². The topological polar surface area (TPSA) is 73.6 Å². The van der Waals surface area contributed by atoms with E-state index in [0.29, 0.717) is 12.6 Å². The lowest BCUT2D eigenvalue weighted by molar-refractivity contribution is -0.137. The van der Waals surface area contributed by atoms with E-state index >= 15 is 0 Å². The van der Waals surface area contributed by atoms with Crippen LogP contribution in [0.15, 0.2) is 54.7 Å². The summed E-state index contributed by atoms with van der Waals surface area (Å²) in [6.45, 7) is 2.63. The molecule has 0 saturated heterocycles. The number of hydrogen-bond donors (Lipinski definition) is 1. The molecule has 0 amide bonds. The van der Waals surface area contributed by atoms with Gasteiger partial charge in [-0.15, -0.1) is 0 Å². The molecule has 0 aliphatic carbocycles. The van der Waals surface area contributed by atoms with E-state index in [1.54, 1.807) is 7.11 Å². The molecule has 0 radical (unpaired) electrons. The van der Waals surface area contributed by atoms with Gasteiger partial charge in [-0.25, -0.2) is 4.98 Å². The van der Waals surface area contributed by atoms with Gasteiger partial charge in [0.25, 0.3) is 0 Å². The first-order valence-corrected chi connectivity index (χ1v) is 10.7. The average molecular weight is 423 g/mol. The first kappa shape index (κ1) is 22.4. The fourth-order valence-electron chi connectivity index (χ4n) is 3.44. The molecular weight excluding hydrogens is 392 g/mol. The summed E-state index contributed by atoms with van der Waals surface area (Å²) >= 11 is 0. The lowest BCUT2D eigenvalue weighted by Crippen LogP contribution is -2.05. The van der Waals surface area contributed by atoms with Crippen LogP contribution in [0.25, 0.3) is 16.9 Å². The third-order valence-corrected chi connectivity index (χ3v) is 5.15. The van der Waals surface area contributed by atoms with E-state index in [9.17, 15) is 4.79 Å². The quantitative estimate of drug-likeness (QED) is 0.381. The SMILES string of the molecule is COc1cccc(-c2cnc(OCCCCCCCC(=O)O)n2-c2ccc(C)cc2)c1. The smallest absolute Gasteiger partial charge is 0.303 e. The summed E-state index contributed by atoms with van der Waals surface area (Å²) in [7, 11) is 1.66. The number of carboxylic acid groups (broad SMARTS) is 1. The van der Waals surface area contributed by atoms with Crippen molar-refractivity contribution in [3.05, 3.63) is 60.3 Å². The Morgan fingerprint density at radius 3 is 2.52 bits per heavy atom. The molecule has 0 unspecified atom stereocenters. The first-order valence-electron chi connectivity index (χ1n) is 10.7. The largest absolute Gasteiger partial charge is 0.497 e. The number of carbonyl (C=O) groups is 1. The van der Waals surface area contributed by atoms with E-state index in [4.69, 9.17) is 14.6 Å². The minimum absolute atomic E-state index is 0.248. The van der Waals surface area contributed by atoms with Crippen LogP contribution in [-0.4, -0.2) is 34.3 Å². The summed E-state index contributed by atoms with van der Waals surface area (Å²) in [6, 6.07) is 16.7. The molecule has 1 N–H and O–H groups in total. The van der Waals surface area contributed by atoms with Gasteiger partial charge in [0, 0.05) is 12.0 Å². The van der Waals surface area contributed by atoms with Crippen LogP contribution in [0.5, 0.6) is 11.8 Å². The van der Waals surface area contributed by atoms with Crippen LogP contribution in [0, 0.1) is 6.92 Å². The molecule has 0 atom stereocenters. The highest BCUT2D eigenvalue weighted by Crippen LogP contribution is 2.30. The standard InChI is InChI=1S/C25H30N2O4/c1-19-12-14-21(15-13-19)27-23(20-9-8-10-22(17-20)30-2)18-26-25(27)31-16-7-5-3-4-6-11-24(28)29/h8-10,12-15,17-18H,3-7,11,16H2,1-2H3,(H,28,29). The fourth-order valence-corrected chi connectivity index (χ4v) is 3.44. The predicted octanol–water partition coefficient (Wildman–Crippen LogP) is 5.66. The third kappa shape index (κ3) is 6.35. The lowest BCUT2D eigenvalue weighted by atomic mass is 10.1. The zero-order chi connectivity index (χ0) is 22.1. The number of aromatic nitrogens is 2. The van der Waals surface area contributed by atoms with Crippen LogP contribution < -0.4 is 9.47 Å². The maximum Gasteiger partial charge on any atom is 0.303 e. The van der Waals surface area contributed by atoms with Gasteiger partial charge in [-0.05, 0) is 44.0 Å². The number of nitrogens with zero attached hydrogens (tertiary/aromatic N) is 2. The third-order valence-electron chi connectivity index (χ3n) is 5.15. The Bertz CT molecular complexity index is 979. The summed E-state index contributed by atoms with van der Waals surface area (Å²) in [5.41, 5.74) is 4.12. The summed E-state index contributed by atoms with van der Waals surface area (Å²) in [4.78, 5) is 15.1. The monoisotopic (exact) mass is 422 g/mol. The number of carboxylic acids is 1. The van der Waals surface area contributed by atoms with Crippen molar-refractivity contribution in [3.8, 4) is 28.7 Å². The second-order valence-electron chi connectivity index (χ2n) is 7.59. The van der Waals surface area contributed by atoms with Gasteiger partial charge in [-0.3, -0.25) is 9.36 Å². The van der Waals surface area contributed by atoms with Gasteiger partial charge in [0.1, 0.15) is 5.75 Å². The van der Waals surface area contributed by atoms with Crippen molar-refractivity contribution in [1.29, 1.82) is 0 Å². The number of imidazole rings is 1. The number of methoxy groups -OCH3 is 1. The zero-order valence-electron chi connectivity index (χ0n) is 18.2. The van der Waals surface area contributed by atoms with Gasteiger partial charge in [0.2, 0.25) is 0 Å². The van der Waals surface area contributed by atoms with Crippen molar-refractivity contribution in [2.24, 2.45) is 0 Å². The summed E-state index contributed by atoms with van der Waals surface area (Å²) < 4.78 is 13.5. The lowest BCUT2D eigenvalue weighted by Gasteiger charge is -2.13. The number of aliphatic carboxylic acids is 1. The molecule has 31 heavy (non-hydrogen) atoms. The molecule has 1 aromatic heterocycles. The van der Waals surface area contributed by atoms with Crippen LogP contribution in [0.1, 0.15) is 44.1 Å². The summed E-state index contributed by atoms with van der Waals surface area (Å²) in [5, 5.41) is 8.69. The van der Waals surface area contributed by atoms with Crippen LogP contribution in [-0.2, 0) is 4.79 Å². The number of unbranched alkanes of at least 4 members (excludes halogenated alkanes) is 4. The Labute approximate surface area is 183 Å². The van der Waals surface area contributed by atoms with Crippen LogP contribution >= 0.6 is 0 Å². The van der Waals surface area contributed by atoms with Crippen LogP contribution in [0.4, 0.5) is 0 Å². The molecule has 0 aliphatic rings. The normalized spacial score (nSPS) is 10.8. The fraction of sp³-hybridized carbons (Fsp3) is 0.360. The second kappa shape index (κ2) is 11.2. The van der Waals surface area contributed by atoms with Crippen molar-refractivity contribution >= 4 is 5.97 Å². The Kier molecular flexibility index (Phi) is 8.10. The zero-order valence-corrected chi connectivity index (χ0v) is 18.2. The number of benzene rings is 2. The Morgan fingerprint density at radius 2 is 1.77 bits per heavy atom. The number of aryl methyl sites for hydroxylation is 1. The van der Waals surface area contributed by atoms with E-state index in [1.807, 2.05) is 35.0 Å². The van der Waals surface area contributed by atoms with Crippen molar-refractivity contribution < 1.29 is 19.4 Å². The number of rotatable bonds is 12. The van der Waals surface area contributed by atoms with Crippen LogP contribution in [0.3, 0.4) is 0 Å². The molecule has 0 spiro atoms. The minimum atomic E-state index is -0.724. The molecule has 0 aliphatic heterocycles. The predicted molar refractivity (Wildman–Crippen MR) is 121 cm³/mol. The van der Waals surface area contributed by atoms with E-state index in [-0.39, 0.29) is 6.42 Å². The van der Waals surface area contributed by atoms with E-state index in [0.717, 1.165) is 54.8 Å². The van der Waals surface area contributed by atoms with Gasteiger partial charge in [-0.2, -0.15) is 0 Å². The van der Waals surface area contributed by atoms with Crippen molar-refractivity contribution in [3.63, 3.8) is 0 Å². The van der Waals surface area contributed by atoms with Crippen molar-refractivity contribution in [1.82, 2.24) is 9.55 Å². The molecule has 164 valence electrons. The van der Waals surface area contributed by atoms with Crippen LogP contribution in [0.2, 0.25) is 0 Å². The van der Waals surface area contributed by atoms with Gasteiger partial charge < -0.3 is 14.6 Å². The molecule has 2 aromatic carbocycles. The molecule has 0 bridgehead atoms. The maximum absolute atomic E-state index is 10.6. The minimum Gasteiger partial charge on any atom is -0.497 e. The second-order valence-corrected chi connectivity index (χ2v) is 7.59.